The zero-order valence-corrected chi connectivity index (χ0v) is 16.8. The standard InChI is InChI=1S/C22H25N5O3/c28-20(25-11-13-26(14-12-25)21(29)19-6-3-15-30-19)16-7-9-27(10-8-16)22-23-17-4-1-2-5-18(17)24-22/h1-6,15-16H,7-14H2,(H,23,24). The smallest absolute Gasteiger partial charge is 0.289 e. The maximum absolute atomic E-state index is 13.0. The molecule has 30 heavy (non-hydrogen) atoms. The number of nitrogens with zero attached hydrogens (tertiary/aromatic N) is 4. The van der Waals surface area contributed by atoms with E-state index in [0.717, 1.165) is 42.9 Å². The van der Waals surface area contributed by atoms with Gasteiger partial charge in [0.2, 0.25) is 11.9 Å². The number of aromatic amines is 1. The van der Waals surface area contributed by atoms with Crippen LogP contribution in [0.1, 0.15) is 23.4 Å². The molecule has 2 aliphatic rings. The number of fused-ring (bicyclic) bond motifs is 1. The number of benzene rings is 1. The zero-order valence-electron chi connectivity index (χ0n) is 16.8. The van der Waals surface area contributed by atoms with Gasteiger partial charge < -0.3 is 24.1 Å². The van der Waals surface area contributed by atoms with E-state index in [4.69, 9.17) is 4.42 Å². The molecule has 2 amide bonds. The predicted molar refractivity (Wildman–Crippen MR) is 112 cm³/mol. The Hall–Kier alpha value is -3.29. The van der Waals surface area contributed by atoms with Crippen molar-refractivity contribution in [2.45, 2.75) is 12.8 Å². The second-order valence-electron chi connectivity index (χ2n) is 7.93. The highest BCUT2D eigenvalue weighted by Gasteiger charge is 2.32. The molecule has 8 nitrogen and oxygen atoms in total. The number of nitrogens with one attached hydrogen (secondary N) is 1. The number of rotatable bonds is 3. The summed E-state index contributed by atoms with van der Waals surface area (Å²) in [5.74, 6) is 1.38. The van der Waals surface area contributed by atoms with Crippen molar-refractivity contribution >= 4 is 28.8 Å². The predicted octanol–water partition coefficient (Wildman–Crippen LogP) is 2.36. The SMILES string of the molecule is O=C(c1ccco1)N1CCN(C(=O)C2CCN(c3nc4ccccc4[nH]3)CC2)CC1. The van der Waals surface area contributed by atoms with E-state index < -0.39 is 0 Å². The Morgan fingerprint density at radius 1 is 0.933 bits per heavy atom. The fourth-order valence-corrected chi connectivity index (χ4v) is 4.37. The molecule has 0 aliphatic carbocycles. The number of imidazole rings is 1. The molecule has 156 valence electrons. The van der Waals surface area contributed by atoms with Crippen LogP contribution in [0.4, 0.5) is 5.95 Å². The molecule has 0 unspecified atom stereocenters. The Balaban J connectivity index is 1.14. The van der Waals surface area contributed by atoms with E-state index >= 15 is 0 Å². The third kappa shape index (κ3) is 3.53. The highest BCUT2D eigenvalue weighted by Crippen LogP contribution is 2.25. The van der Waals surface area contributed by atoms with Crippen LogP contribution in [0.3, 0.4) is 0 Å². The number of hydrogen-bond donors (Lipinski definition) is 1. The molecule has 1 aromatic carbocycles. The van der Waals surface area contributed by atoms with Crippen molar-refractivity contribution in [2.24, 2.45) is 5.92 Å². The van der Waals surface area contributed by atoms with Crippen molar-refractivity contribution in [1.29, 1.82) is 0 Å². The van der Waals surface area contributed by atoms with Crippen LogP contribution < -0.4 is 4.90 Å². The molecule has 0 spiro atoms. The fourth-order valence-electron chi connectivity index (χ4n) is 4.37. The summed E-state index contributed by atoms with van der Waals surface area (Å²) in [5.41, 5.74) is 2.00. The van der Waals surface area contributed by atoms with E-state index in [1.807, 2.05) is 29.2 Å². The molecule has 2 aliphatic heterocycles. The van der Waals surface area contributed by atoms with Gasteiger partial charge in [-0.3, -0.25) is 9.59 Å². The Morgan fingerprint density at radius 3 is 2.37 bits per heavy atom. The maximum Gasteiger partial charge on any atom is 0.289 e. The summed E-state index contributed by atoms with van der Waals surface area (Å²) < 4.78 is 5.20. The lowest BCUT2D eigenvalue weighted by atomic mass is 9.95. The minimum atomic E-state index is -0.105. The molecule has 3 aromatic rings. The van der Waals surface area contributed by atoms with Crippen molar-refractivity contribution in [3.63, 3.8) is 0 Å². The summed E-state index contributed by atoms with van der Waals surface area (Å²) in [7, 11) is 0. The number of aromatic nitrogens is 2. The van der Waals surface area contributed by atoms with Crippen molar-refractivity contribution in [2.75, 3.05) is 44.2 Å². The Labute approximate surface area is 174 Å². The van der Waals surface area contributed by atoms with E-state index in [-0.39, 0.29) is 17.7 Å². The Kier molecular flexibility index (Phi) is 4.90. The van der Waals surface area contributed by atoms with Gasteiger partial charge in [-0.15, -0.1) is 0 Å². The van der Waals surface area contributed by atoms with Gasteiger partial charge in [0.25, 0.3) is 5.91 Å². The van der Waals surface area contributed by atoms with Crippen molar-refractivity contribution in [3.8, 4) is 0 Å². The molecule has 5 rings (SSSR count). The molecule has 0 radical (unpaired) electrons. The number of carbonyl (C=O) groups is 2. The second kappa shape index (κ2) is 7.85. The lowest BCUT2D eigenvalue weighted by molar-refractivity contribution is -0.137. The minimum absolute atomic E-state index is 0.0398. The van der Waals surface area contributed by atoms with Gasteiger partial charge in [-0.05, 0) is 37.1 Å². The van der Waals surface area contributed by atoms with Gasteiger partial charge in [0.1, 0.15) is 0 Å². The number of para-hydroxylation sites is 2. The van der Waals surface area contributed by atoms with Crippen LogP contribution in [0, 0.1) is 5.92 Å². The monoisotopic (exact) mass is 407 g/mol. The molecule has 0 bridgehead atoms. The third-order valence-electron chi connectivity index (χ3n) is 6.13. The van der Waals surface area contributed by atoms with Crippen LogP contribution in [0.25, 0.3) is 11.0 Å². The average molecular weight is 407 g/mol. The van der Waals surface area contributed by atoms with Gasteiger partial charge in [-0.1, -0.05) is 12.1 Å². The molecule has 0 atom stereocenters. The number of amides is 2. The van der Waals surface area contributed by atoms with Gasteiger partial charge in [-0.25, -0.2) is 4.98 Å². The lowest BCUT2D eigenvalue weighted by Gasteiger charge is -2.38. The quantitative estimate of drug-likeness (QED) is 0.720. The Morgan fingerprint density at radius 2 is 1.67 bits per heavy atom. The first-order valence-electron chi connectivity index (χ1n) is 10.5. The van der Waals surface area contributed by atoms with Gasteiger partial charge in [0.15, 0.2) is 5.76 Å². The first-order valence-corrected chi connectivity index (χ1v) is 10.5. The molecule has 4 heterocycles. The number of piperidine rings is 1. The summed E-state index contributed by atoms with van der Waals surface area (Å²) in [6.07, 6.45) is 3.15. The van der Waals surface area contributed by atoms with Crippen molar-refractivity contribution in [3.05, 3.63) is 48.4 Å². The van der Waals surface area contributed by atoms with E-state index in [2.05, 4.69) is 14.9 Å². The summed E-state index contributed by atoms with van der Waals surface area (Å²) in [6, 6.07) is 11.4. The number of furan rings is 1. The number of piperazine rings is 1. The molecule has 8 heteroatoms. The summed E-state index contributed by atoms with van der Waals surface area (Å²) in [5, 5.41) is 0. The van der Waals surface area contributed by atoms with Crippen LogP contribution in [-0.2, 0) is 4.79 Å². The van der Waals surface area contributed by atoms with Crippen LogP contribution in [0.2, 0.25) is 0 Å². The topological polar surface area (TPSA) is 85.7 Å². The molecule has 0 saturated carbocycles. The normalized spacial score (nSPS) is 18.2. The summed E-state index contributed by atoms with van der Waals surface area (Å²) >= 11 is 0. The summed E-state index contributed by atoms with van der Waals surface area (Å²) in [6.45, 7) is 3.87. The third-order valence-corrected chi connectivity index (χ3v) is 6.13. The van der Waals surface area contributed by atoms with Gasteiger partial charge in [0, 0.05) is 45.2 Å². The molecule has 2 fully saturated rings. The number of H-pyrrole nitrogens is 1. The van der Waals surface area contributed by atoms with Crippen LogP contribution in [0.5, 0.6) is 0 Å². The van der Waals surface area contributed by atoms with Gasteiger partial charge in [0.05, 0.1) is 17.3 Å². The van der Waals surface area contributed by atoms with Gasteiger partial charge >= 0.3 is 0 Å². The first-order chi connectivity index (χ1) is 14.7. The van der Waals surface area contributed by atoms with E-state index in [0.29, 0.717) is 31.9 Å². The average Bonchev–Trinajstić information content (AvgIpc) is 3.48. The van der Waals surface area contributed by atoms with Crippen LogP contribution >= 0.6 is 0 Å². The first kappa shape index (κ1) is 18.7. The maximum atomic E-state index is 13.0. The highest BCUT2D eigenvalue weighted by atomic mass is 16.3. The van der Waals surface area contributed by atoms with Crippen LogP contribution in [0.15, 0.2) is 47.1 Å². The van der Waals surface area contributed by atoms with Crippen LogP contribution in [-0.4, -0.2) is 70.9 Å². The molecule has 2 saturated heterocycles. The van der Waals surface area contributed by atoms with E-state index in [1.54, 1.807) is 17.0 Å². The number of hydrogen-bond acceptors (Lipinski definition) is 5. The molecule has 1 N–H and O–H groups in total. The van der Waals surface area contributed by atoms with E-state index in [9.17, 15) is 9.59 Å². The largest absolute Gasteiger partial charge is 0.459 e. The molecular formula is C22H25N5O3. The summed E-state index contributed by atoms with van der Waals surface area (Å²) in [4.78, 5) is 39.3. The van der Waals surface area contributed by atoms with Crippen molar-refractivity contribution < 1.29 is 14.0 Å². The zero-order chi connectivity index (χ0) is 20.5. The second-order valence-corrected chi connectivity index (χ2v) is 7.93. The van der Waals surface area contributed by atoms with Gasteiger partial charge in [-0.2, -0.15) is 0 Å². The number of anilines is 1. The van der Waals surface area contributed by atoms with Crippen molar-refractivity contribution in [1.82, 2.24) is 19.8 Å². The minimum Gasteiger partial charge on any atom is -0.459 e. The molecular weight excluding hydrogens is 382 g/mol. The highest BCUT2D eigenvalue weighted by molar-refractivity contribution is 5.91. The fraction of sp³-hybridized carbons (Fsp3) is 0.409. The molecule has 2 aromatic heterocycles. The van der Waals surface area contributed by atoms with E-state index in [1.165, 1.54) is 6.26 Å². The Bertz CT molecular complexity index is 995. The lowest BCUT2D eigenvalue weighted by Crippen LogP contribution is -2.53. The number of carbonyl (C=O) groups excluding carboxylic acids is 2.